The van der Waals surface area contributed by atoms with Gasteiger partial charge in [-0.15, -0.1) is 0 Å². The number of amidine groups is 2. The highest BCUT2D eigenvalue weighted by Gasteiger charge is 2.38. The van der Waals surface area contributed by atoms with Gasteiger partial charge in [0.2, 0.25) is 0 Å². The number of amides is 1. The minimum Gasteiger partial charge on any atom is -0.505 e. The monoisotopic (exact) mass is 467 g/mol. The maximum atomic E-state index is 13.4. The second-order valence-corrected chi connectivity index (χ2v) is 8.14. The number of hydrogen-bond acceptors (Lipinski definition) is 5. The van der Waals surface area contributed by atoms with Crippen LogP contribution in [0.3, 0.4) is 0 Å². The van der Waals surface area contributed by atoms with Crippen LogP contribution in [0.1, 0.15) is 52.9 Å². The molecule has 180 valence electrons. The summed E-state index contributed by atoms with van der Waals surface area (Å²) in [5, 5.41) is 10.5. The van der Waals surface area contributed by atoms with Crippen LogP contribution in [0.15, 0.2) is 32.6 Å². The second-order valence-electron chi connectivity index (χ2n) is 8.14. The van der Waals surface area contributed by atoms with Gasteiger partial charge in [-0.25, -0.2) is 4.99 Å². The van der Waals surface area contributed by atoms with Crippen molar-refractivity contribution in [3.63, 3.8) is 0 Å². The Bertz CT molecular complexity index is 1080. The number of nitrogens with two attached hydrogens (primary N) is 2. The molecule has 0 spiro atoms. The maximum Gasteiger partial charge on any atom is 0.417 e. The molecule has 0 aliphatic heterocycles. The number of benzene rings is 1. The second kappa shape index (κ2) is 9.55. The van der Waals surface area contributed by atoms with Crippen molar-refractivity contribution < 1.29 is 27.5 Å². The van der Waals surface area contributed by atoms with E-state index < -0.39 is 35.0 Å². The molecule has 0 radical (unpaired) electrons. The van der Waals surface area contributed by atoms with Crippen molar-refractivity contribution in [2.45, 2.75) is 39.9 Å². The van der Waals surface area contributed by atoms with Crippen molar-refractivity contribution in [2.75, 3.05) is 14.1 Å². The molecule has 8 nitrogen and oxygen atoms in total. The summed E-state index contributed by atoms with van der Waals surface area (Å²) in [5.41, 5.74) is 10.3. The number of alkyl halides is 3. The van der Waals surface area contributed by atoms with Crippen molar-refractivity contribution in [1.82, 2.24) is 4.90 Å². The third-order valence-electron chi connectivity index (χ3n) is 4.97. The highest BCUT2D eigenvalue weighted by atomic mass is 19.4. The fourth-order valence-electron chi connectivity index (χ4n) is 3.04. The van der Waals surface area contributed by atoms with Crippen LogP contribution in [0.5, 0.6) is 5.75 Å². The number of aliphatic imine (C=N–C) groups is 2. The number of carbonyl (C=O) groups excluding carboxylic acids is 1. The Morgan fingerprint density at radius 2 is 1.76 bits per heavy atom. The Labute approximate surface area is 189 Å². The standard InChI is InChI=1S/C22H28F3N5O3/c1-10(2)17(15-9-11(3)12(4)33-15)29-20(27)19(26)28-14-8-7-13(22(23,24)25)16(18(14)31)21(32)30(5)6/h7-10,17,31H,1-6H3,(H2,26,28)(H2,27,29)/t17-/m1/s1. The molecule has 1 atom stereocenters. The maximum absolute atomic E-state index is 13.4. The summed E-state index contributed by atoms with van der Waals surface area (Å²) in [5.74, 6) is -1.24. The van der Waals surface area contributed by atoms with Crippen LogP contribution in [0, 0.1) is 19.8 Å². The molecule has 2 rings (SSSR count). The van der Waals surface area contributed by atoms with Gasteiger partial charge in [0.25, 0.3) is 5.91 Å². The molecule has 2 aromatic rings. The summed E-state index contributed by atoms with van der Waals surface area (Å²) in [7, 11) is 2.53. The van der Waals surface area contributed by atoms with E-state index >= 15 is 0 Å². The molecular formula is C22H28F3N5O3. The lowest BCUT2D eigenvalue weighted by atomic mass is 10.0. The largest absolute Gasteiger partial charge is 0.505 e. The van der Waals surface area contributed by atoms with E-state index in [0.717, 1.165) is 22.3 Å². The van der Waals surface area contributed by atoms with Gasteiger partial charge < -0.3 is 25.9 Å². The first-order chi connectivity index (χ1) is 15.1. The average molecular weight is 467 g/mol. The van der Waals surface area contributed by atoms with Crippen molar-refractivity contribution in [3.8, 4) is 5.75 Å². The topological polar surface area (TPSA) is 130 Å². The van der Waals surface area contributed by atoms with E-state index in [1.54, 1.807) is 0 Å². The molecule has 5 N–H and O–H groups in total. The summed E-state index contributed by atoms with van der Waals surface area (Å²) in [4.78, 5) is 21.6. The number of nitrogens with zero attached hydrogens (tertiary/aromatic N) is 3. The lowest BCUT2D eigenvalue weighted by molar-refractivity contribution is -0.138. The van der Waals surface area contributed by atoms with Gasteiger partial charge in [0.05, 0.1) is 11.1 Å². The normalized spacial score (nSPS) is 14.0. The molecule has 0 unspecified atom stereocenters. The molecule has 1 heterocycles. The lowest BCUT2D eigenvalue weighted by Crippen LogP contribution is -2.32. The van der Waals surface area contributed by atoms with Crippen LogP contribution in [0.4, 0.5) is 18.9 Å². The van der Waals surface area contributed by atoms with Gasteiger partial charge >= 0.3 is 6.18 Å². The van der Waals surface area contributed by atoms with E-state index in [9.17, 15) is 23.1 Å². The first-order valence-corrected chi connectivity index (χ1v) is 10.0. The number of hydrogen-bond donors (Lipinski definition) is 3. The Hall–Kier alpha value is -3.50. The molecule has 33 heavy (non-hydrogen) atoms. The van der Waals surface area contributed by atoms with Crippen molar-refractivity contribution >= 4 is 23.3 Å². The summed E-state index contributed by atoms with van der Waals surface area (Å²) < 4.78 is 45.9. The molecule has 1 aromatic heterocycles. The van der Waals surface area contributed by atoms with E-state index in [-0.39, 0.29) is 23.3 Å². The summed E-state index contributed by atoms with van der Waals surface area (Å²) in [6, 6.07) is 2.91. The zero-order chi connectivity index (χ0) is 25.2. The molecule has 0 bridgehead atoms. The Morgan fingerprint density at radius 3 is 2.21 bits per heavy atom. The first-order valence-electron chi connectivity index (χ1n) is 10.0. The van der Waals surface area contributed by atoms with E-state index in [0.29, 0.717) is 11.8 Å². The Morgan fingerprint density at radius 1 is 1.15 bits per heavy atom. The molecule has 0 saturated heterocycles. The zero-order valence-electron chi connectivity index (χ0n) is 19.3. The van der Waals surface area contributed by atoms with Gasteiger partial charge in [0.15, 0.2) is 17.4 Å². The Balaban J connectivity index is 2.54. The third kappa shape index (κ3) is 5.65. The third-order valence-corrected chi connectivity index (χ3v) is 4.97. The fourth-order valence-corrected chi connectivity index (χ4v) is 3.04. The highest BCUT2D eigenvalue weighted by molar-refractivity contribution is 6.39. The number of aryl methyl sites for hydroxylation is 2. The van der Waals surface area contributed by atoms with Gasteiger partial charge in [0.1, 0.15) is 23.2 Å². The minimum absolute atomic E-state index is 0.0231. The fraction of sp³-hybridized carbons (Fsp3) is 0.409. The minimum atomic E-state index is -4.86. The summed E-state index contributed by atoms with van der Waals surface area (Å²) >= 11 is 0. The van der Waals surface area contributed by atoms with Gasteiger partial charge in [0, 0.05) is 14.1 Å². The number of rotatable bonds is 5. The molecule has 0 aliphatic rings. The number of furan rings is 1. The number of carbonyl (C=O) groups is 1. The number of phenols is 1. The average Bonchev–Trinajstić information content (AvgIpc) is 3.03. The van der Waals surface area contributed by atoms with E-state index in [1.807, 2.05) is 33.8 Å². The molecule has 11 heteroatoms. The number of halogens is 3. The van der Waals surface area contributed by atoms with Crippen LogP contribution in [0.2, 0.25) is 0 Å². The quantitative estimate of drug-likeness (QED) is 0.451. The van der Waals surface area contributed by atoms with Crippen LogP contribution in [-0.2, 0) is 6.18 Å². The van der Waals surface area contributed by atoms with E-state index in [2.05, 4.69) is 9.98 Å². The molecule has 1 amide bonds. The van der Waals surface area contributed by atoms with E-state index in [4.69, 9.17) is 15.9 Å². The highest BCUT2D eigenvalue weighted by Crippen LogP contribution is 2.41. The van der Waals surface area contributed by atoms with Gasteiger partial charge in [-0.05, 0) is 43.5 Å². The Kier molecular flexibility index (Phi) is 7.46. The van der Waals surface area contributed by atoms with Crippen LogP contribution in [-0.4, -0.2) is 41.7 Å². The van der Waals surface area contributed by atoms with Crippen LogP contribution < -0.4 is 11.5 Å². The van der Waals surface area contributed by atoms with Gasteiger partial charge in [-0.2, -0.15) is 13.2 Å². The zero-order valence-corrected chi connectivity index (χ0v) is 19.3. The van der Waals surface area contributed by atoms with Crippen molar-refractivity contribution in [3.05, 3.63) is 46.4 Å². The summed E-state index contributed by atoms with van der Waals surface area (Å²) in [6.07, 6.45) is -4.86. The molecule has 0 fully saturated rings. The lowest BCUT2D eigenvalue weighted by Gasteiger charge is -2.18. The van der Waals surface area contributed by atoms with Gasteiger partial charge in [-0.3, -0.25) is 9.79 Å². The molecule has 0 aliphatic carbocycles. The van der Waals surface area contributed by atoms with Gasteiger partial charge in [-0.1, -0.05) is 13.8 Å². The van der Waals surface area contributed by atoms with E-state index in [1.165, 1.54) is 14.1 Å². The van der Waals surface area contributed by atoms with Crippen molar-refractivity contribution in [2.24, 2.45) is 27.4 Å². The predicted molar refractivity (Wildman–Crippen MR) is 120 cm³/mol. The predicted octanol–water partition coefficient (Wildman–Crippen LogP) is 4.07. The molecular weight excluding hydrogens is 439 g/mol. The molecule has 1 aromatic carbocycles. The first kappa shape index (κ1) is 25.8. The SMILES string of the molecule is Cc1cc([C@H](N=C(N)C(N)=Nc2ccc(C(F)(F)F)c(C(=O)N(C)C)c2O)C(C)C)oc1C. The molecule has 0 saturated carbocycles. The van der Waals surface area contributed by atoms with Crippen molar-refractivity contribution in [1.29, 1.82) is 0 Å². The summed E-state index contributed by atoms with van der Waals surface area (Å²) in [6.45, 7) is 7.52. The van der Waals surface area contributed by atoms with Crippen LogP contribution >= 0.6 is 0 Å². The van der Waals surface area contributed by atoms with Crippen LogP contribution in [0.25, 0.3) is 0 Å². The smallest absolute Gasteiger partial charge is 0.417 e. The number of phenolic OH excluding ortho intramolecular Hbond substituents is 1. The number of aromatic hydroxyl groups is 1.